The first-order valence-electron chi connectivity index (χ1n) is 6.85. The zero-order valence-corrected chi connectivity index (χ0v) is 14.8. The molecule has 1 saturated heterocycles. The molecule has 0 amide bonds. The maximum atomic E-state index is 14.6. The number of phosphoric ester groups is 1. The molecule has 1 aliphatic rings. The Hall–Kier alpha value is -1.54. The van der Waals surface area contributed by atoms with E-state index in [9.17, 15) is 33.0 Å². The number of nitrogens with one attached hydrogen (secondary N) is 1. The van der Waals surface area contributed by atoms with Gasteiger partial charge < -0.3 is 24.5 Å². The Morgan fingerprint density at radius 3 is 2.59 bits per heavy atom. The summed E-state index contributed by atoms with van der Waals surface area (Å²) in [5, 5.41) is 9.90. The van der Waals surface area contributed by atoms with Crippen LogP contribution < -0.4 is 11.2 Å². The number of nitrogens with zero attached hydrogens (tertiary/aromatic N) is 1. The quantitative estimate of drug-likeness (QED) is 0.245. The first-order chi connectivity index (χ1) is 12.3. The van der Waals surface area contributed by atoms with Gasteiger partial charge in [0, 0.05) is 12.6 Å². The van der Waals surface area contributed by atoms with Gasteiger partial charge >= 0.3 is 21.3 Å². The molecule has 0 aliphatic carbocycles. The van der Waals surface area contributed by atoms with E-state index in [0.717, 1.165) is 0 Å². The number of halogens is 1. The van der Waals surface area contributed by atoms with Crippen molar-refractivity contribution in [3.05, 3.63) is 32.6 Å². The van der Waals surface area contributed by atoms with Crippen LogP contribution in [0.25, 0.3) is 0 Å². The fraction of sp³-hybridized carbons (Fsp3) is 0.500. The lowest BCUT2D eigenvalue weighted by Crippen LogP contribution is -2.37. The summed E-state index contributed by atoms with van der Waals surface area (Å²) in [6, 6.07) is 0. The number of hydrogen-bond acceptors (Lipinski definition) is 9. The van der Waals surface area contributed by atoms with Gasteiger partial charge in [0.25, 0.3) is 5.56 Å². The van der Waals surface area contributed by atoms with Crippen molar-refractivity contribution in [3.8, 4) is 0 Å². The van der Waals surface area contributed by atoms with Crippen LogP contribution in [0.5, 0.6) is 0 Å². The third kappa shape index (κ3) is 5.48. The second-order valence-electron chi connectivity index (χ2n) is 5.35. The number of alkyl halides is 1. The molecule has 0 radical (unpaired) electrons. The topological polar surface area (TPSA) is 215 Å². The van der Waals surface area contributed by atoms with Gasteiger partial charge in [-0.1, -0.05) is 0 Å². The van der Waals surface area contributed by atoms with Gasteiger partial charge in [0.15, 0.2) is 12.5 Å². The number of aromatic nitrogens is 2. The van der Waals surface area contributed by atoms with E-state index < -0.39 is 63.7 Å². The summed E-state index contributed by atoms with van der Waals surface area (Å²) in [6.07, 6.45) is -3.55. The second-order valence-corrected chi connectivity index (χ2v) is 8.18. The largest absolute Gasteiger partial charge is 0.481 e. The monoisotopic (exact) mass is 434 g/mol. The molecule has 1 aromatic heterocycles. The summed E-state index contributed by atoms with van der Waals surface area (Å²) in [4.78, 5) is 61.7. The average Bonchev–Trinajstić information content (AvgIpc) is 2.79. The van der Waals surface area contributed by atoms with Crippen LogP contribution >= 0.6 is 15.6 Å². The summed E-state index contributed by atoms with van der Waals surface area (Å²) in [5.41, 5.74) is -2.69. The molecule has 0 saturated carbocycles. The number of aromatic amines is 1. The fourth-order valence-corrected chi connectivity index (χ4v) is 3.82. The van der Waals surface area contributed by atoms with Gasteiger partial charge in [-0.25, -0.2) is 18.3 Å². The van der Waals surface area contributed by atoms with Crippen LogP contribution in [0, 0.1) is 0 Å². The van der Waals surface area contributed by atoms with Gasteiger partial charge in [-0.05, 0) is 0 Å². The van der Waals surface area contributed by atoms with E-state index in [1.165, 1.54) is 0 Å². The Labute approximate surface area is 148 Å². The molecule has 5 N–H and O–H groups in total. The minimum absolute atomic E-state index is 0.101. The van der Waals surface area contributed by atoms with Gasteiger partial charge in [-0.3, -0.25) is 23.7 Å². The summed E-state index contributed by atoms with van der Waals surface area (Å²) < 4.78 is 49.4. The van der Waals surface area contributed by atoms with E-state index in [1.54, 1.807) is 4.98 Å². The molecule has 0 spiro atoms. The van der Waals surface area contributed by atoms with Gasteiger partial charge in [0.2, 0.25) is 5.85 Å². The number of aliphatic hydroxyl groups excluding tert-OH is 1. The predicted molar refractivity (Wildman–Crippen MR) is 80.2 cm³/mol. The minimum atomic E-state index is -5.43. The molecule has 1 aromatic rings. The lowest BCUT2D eigenvalue weighted by Gasteiger charge is -2.22. The average molecular weight is 434 g/mol. The van der Waals surface area contributed by atoms with E-state index in [4.69, 9.17) is 19.4 Å². The highest BCUT2D eigenvalue weighted by atomic mass is 31.3. The van der Waals surface area contributed by atoms with Crippen molar-refractivity contribution in [1.29, 1.82) is 0 Å². The summed E-state index contributed by atoms with van der Waals surface area (Å²) in [7, 11) is -10.8. The van der Waals surface area contributed by atoms with Crippen LogP contribution in [0.15, 0.2) is 15.8 Å². The number of ether oxygens (including phenoxy) is 1. The van der Waals surface area contributed by atoms with Gasteiger partial charge in [0.1, 0.15) is 12.7 Å². The molecule has 2 rings (SSSR count). The van der Waals surface area contributed by atoms with Crippen LogP contribution in [0.1, 0.15) is 23.0 Å². The van der Waals surface area contributed by atoms with Crippen molar-refractivity contribution in [1.82, 2.24) is 9.55 Å². The van der Waals surface area contributed by atoms with E-state index in [1.807, 2.05) is 0 Å². The van der Waals surface area contributed by atoms with Crippen LogP contribution in [-0.4, -0.2) is 54.2 Å². The van der Waals surface area contributed by atoms with Crippen molar-refractivity contribution in [2.45, 2.75) is 24.6 Å². The molecule has 1 unspecified atom stereocenters. The lowest BCUT2D eigenvalue weighted by atomic mass is 10.2. The van der Waals surface area contributed by atoms with Crippen molar-refractivity contribution in [3.63, 3.8) is 0 Å². The molecule has 2 heterocycles. The van der Waals surface area contributed by atoms with Gasteiger partial charge in [-0.2, -0.15) is 4.31 Å². The molecule has 17 heteroatoms. The third-order valence-electron chi connectivity index (χ3n) is 3.22. The van der Waals surface area contributed by atoms with Crippen molar-refractivity contribution >= 4 is 21.9 Å². The molecule has 1 aliphatic heterocycles. The number of carbonyl (C=O) groups is 1. The summed E-state index contributed by atoms with van der Waals surface area (Å²) in [6.45, 7) is -1.41. The number of H-pyrrole nitrogens is 1. The Morgan fingerprint density at radius 1 is 1.41 bits per heavy atom. The second kappa shape index (κ2) is 7.47. The molecule has 14 nitrogen and oxygen atoms in total. The Balaban J connectivity index is 2.19. The smallest absolute Gasteiger partial charge is 0.388 e. The fourth-order valence-electron chi connectivity index (χ4n) is 2.20. The molecule has 0 bridgehead atoms. The number of aldehydes is 1. The number of hydrogen-bond donors (Lipinski definition) is 5. The molecule has 152 valence electrons. The predicted octanol–water partition coefficient (Wildman–Crippen LogP) is -1.48. The maximum Gasteiger partial charge on any atom is 0.481 e. The lowest BCUT2D eigenvalue weighted by molar-refractivity contribution is -0.178. The number of carbonyl (C=O) groups excluding carboxylic acids is 1. The number of phosphoric acid groups is 2. The van der Waals surface area contributed by atoms with Crippen LogP contribution in [-0.2, 0) is 22.7 Å². The van der Waals surface area contributed by atoms with E-state index in [0.29, 0.717) is 10.8 Å². The van der Waals surface area contributed by atoms with E-state index in [-0.39, 0.29) is 6.29 Å². The maximum absolute atomic E-state index is 14.6. The van der Waals surface area contributed by atoms with Crippen LogP contribution in [0.4, 0.5) is 4.39 Å². The number of rotatable bonds is 7. The first-order valence-corrected chi connectivity index (χ1v) is 9.87. The highest BCUT2D eigenvalue weighted by Gasteiger charge is 2.50. The molecule has 0 aromatic carbocycles. The Kier molecular flexibility index (Phi) is 6.02. The molecule has 1 fully saturated rings. The van der Waals surface area contributed by atoms with Crippen LogP contribution in [0.2, 0.25) is 0 Å². The van der Waals surface area contributed by atoms with Crippen LogP contribution in [0.3, 0.4) is 0 Å². The zero-order valence-electron chi connectivity index (χ0n) is 13.0. The third-order valence-corrected chi connectivity index (χ3v) is 5.36. The van der Waals surface area contributed by atoms with Gasteiger partial charge in [0.05, 0.1) is 5.56 Å². The minimum Gasteiger partial charge on any atom is -0.388 e. The Morgan fingerprint density at radius 2 is 2.04 bits per heavy atom. The number of aliphatic hydroxyl groups is 1. The van der Waals surface area contributed by atoms with Crippen molar-refractivity contribution in [2.24, 2.45) is 0 Å². The first kappa shape index (κ1) is 21.8. The molecular weight excluding hydrogens is 421 g/mol. The molecule has 27 heavy (non-hydrogen) atoms. The Bertz CT molecular complexity index is 939. The summed E-state index contributed by atoms with van der Waals surface area (Å²) >= 11 is 0. The SMILES string of the molecule is O=Cc1cn([C@@H]2O[C@](F)(COP(=O)(O)OP(=O)(O)O)C[C@H]2O)c(=O)[nH]c1=O. The van der Waals surface area contributed by atoms with E-state index >= 15 is 0 Å². The molecule has 4 atom stereocenters. The standard InChI is InChI=1S/C10H13FN2O12P2/c11-10(4-23-27(21,22)25-26(18,19)20)1-6(15)8(24-10)13-2-5(3-14)7(16)12-9(13)17/h2-3,6,8,15H,1,4H2,(H,21,22)(H,12,16,17)(H2,18,19,20)/t6-,8-,10+/m1/s1. The normalized spacial score (nSPS) is 28.0. The van der Waals surface area contributed by atoms with Gasteiger partial charge in [-0.15, -0.1) is 0 Å². The zero-order chi connectivity index (χ0) is 20.6. The van der Waals surface area contributed by atoms with Crippen molar-refractivity contribution in [2.75, 3.05) is 6.61 Å². The highest BCUT2D eigenvalue weighted by Crippen LogP contribution is 2.58. The van der Waals surface area contributed by atoms with Crippen molar-refractivity contribution < 1.29 is 51.7 Å². The van der Waals surface area contributed by atoms with E-state index in [2.05, 4.69) is 8.83 Å². The molecular formula is C10H13FN2O12P2. The summed E-state index contributed by atoms with van der Waals surface area (Å²) in [5.74, 6) is -2.97. The highest BCUT2D eigenvalue weighted by molar-refractivity contribution is 7.60.